The molecule has 1 amide bonds. The second-order valence-electron chi connectivity index (χ2n) is 6.24. The summed E-state index contributed by atoms with van der Waals surface area (Å²) in [6.45, 7) is 1.12. The van der Waals surface area contributed by atoms with Crippen molar-refractivity contribution >= 4 is 56.3 Å². The third-order valence-electron chi connectivity index (χ3n) is 4.18. The summed E-state index contributed by atoms with van der Waals surface area (Å²) in [7, 11) is -3.51. The highest BCUT2D eigenvalue weighted by atomic mass is 35.5. The number of piperidine rings is 1. The number of hydrogen-bond acceptors (Lipinski definition) is 5. The molecular formula is C18H21ClN2O3S3. The van der Waals surface area contributed by atoms with Gasteiger partial charge in [-0.1, -0.05) is 24.1 Å². The van der Waals surface area contributed by atoms with Gasteiger partial charge in [0.25, 0.3) is 0 Å². The molecule has 1 aromatic carbocycles. The second-order valence-corrected chi connectivity index (χ2v) is 11.0. The number of benzene rings is 1. The molecule has 1 fully saturated rings. The van der Waals surface area contributed by atoms with E-state index in [0.29, 0.717) is 30.3 Å². The molecule has 1 saturated heterocycles. The molecule has 0 radical (unpaired) electrons. The third-order valence-corrected chi connectivity index (χ3v) is 8.47. The van der Waals surface area contributed by atoms with Gasteiger partial charge in [0.1, 0.15) is 0 Å². The number of hydrogen-bond donors (Lipinski definition) is 1. The number of carbonyl (C=O) groups is 1. The van der Waals surface area contributed by atoms with E-state index in [4.69, 9.17) is 11.6 Å². The number of thiophene rings is 1. The molecule has 1 aromatic heterocycles. The smallest absolute Gasteiger partial charge is 0.243 e. The number of nitrogens with one attached hydrogen (secondary N) is 1. The zero-order chi connectivity index (χ0) is 19.3. The van der Waals surface area contributed by atoms with Crippen molar-refractivity contribution in [3.05, 3.63) is 45.6 Å². The Bertz CT molecular complexity index is 893. The lowest BCUT2D eigenvalue weighted by molar-refractivity contribution is -0.113. The topological polar surface area (TPSA) is 66.5 Å². The molecule has 3 rings (SSSR count). The molecule has 0 atom stereocenters. The molecule has 2 heterocycles. The average Bonchev–Trinajstić information content (AvgIpc) is 3.08. The highest BCUT2D eigenvalue weighted by Crippen LogP contribution is 2.26. The molecule has 146 valence electrons. The number of sulfonamides is 1. The van der Waals surface area contributed by atoms with Crippen LogP contribution in [-0.2, 0) is 20.6 Å². The number of rotatable bonds is 7. The van der Waals surface area contributed by atoms with Crippen LogP contribution in [0.1, 0.15) is 24.1 Å². The molecule has 27 heavy (non-hydrogen) atoms. The van der Waals surface area contributed by atoms with E-state index in [1.807, 2.05) is 12.1 Å². The molecule has 0 spiro atoms. The zero-order valence-corrected chi connectivity index (χ0v) is 17.9. The lowest BCUT2D eigenvalue weighted by atomic mass is 10.2. The van der Waals surface area contributed by atoms with Crippen LogP contribution >= 0.6 is 34.7 Å². The predicted molar refractivity (Wildman–Crippen MR) is 113 cm³/mol. The Labute approximate surface area is 173 Å². The quantitative estimate of drug-likeness (QED) is 0.685. The normalized spacial score (nSPS) is 15.6. The summed E-state index contributed by atoms with van der Waals surface area (Å²) >= 11 is 8.89. The summed E-state index contributed by atoms with van der Waals surface area (Å²) in [6.07, 6.45) is 2.85. The van der Waals surface area contributed by atoms with Crippen LogP contribution in [0.2, 0.25) is 4.34 Å². The third kappa shape index (κ3) is 5.71. The van der Waals surface area contributed by atoms with Gasteiger partial charge in [0.15, 0.2) is 0 Å². The Kier molecular flexibility index (Phi) is 7.22. The van der Waals surface area contributed by atoms with E-state index < -0.39 is 10.0 Å². The van der Waals surface area contributed by atoms with Crippen molar-refractivity contribution in [2.24, 2.45) is 0 Å². The Morgan fingerprint density at radius 3 is 2.67 bits per heavy atom. The first-order valence-corrected chi connectivity index (χ1v) is 12.5. The van der Waals surface area contributed by atoms with Crippen LogP contribution < -0.4 is 5.32 Å². The minimum atomic E-state index is -3.51. The van der Waals surface area contributed by atoms with Crippen molar-refractivity contribution in [2.75, 3.05) is 24.2 Å². The first-order valence-electron chi connectivity index (χ1n) is 8.67. The molecule has 0 unspecified atom stereocenters. The van der Waals surface area contributed by atoms with Crippen molar-refractivity contribution in [3.63, 3.8) is 0 Å². The summed E-state index contributed by atoms with van der Waals surface area (Å²) in [6, 6.07) is 10.3. The minimum Gasteiger partial charge on any atom is -0.325 e. The van der Waals surface area contributed by atoms with Crippen LogP contribution in [0, 0.1) is 0 Å². The maximum atomic E-state index is 12.8. The fourth-order valence-electron chi connectivity index (χ4n) is 2.86. The Balaban J connectivity index is 1.57. The van der Waals surface area contributed by atoms with E-state index in [2.05, 4.69) is 5.32 Å². The van der Waals surface area contributed by atoms with Gasteiger partial charge in [-0.25, -0.2) is 8.42 Å². The molecular weight excluding hydrogens is 424 g/mol. The molecule has 0 aliphatic carbocycles. The lowest BCUT2D eigenvalue weighted by Gasteiger charge is -2.26. The molecule has 0 saturated carbocycles. The van der Waals surface area contributed by atoms with E-state index in [0.717, 1.165) is 28.5 Å². The van der Waals surface area contributed by atoms with Gasteiger partial charge in [0.05, 0.1) is 15.0 Å². The first kappa shape index (κ1) is 20.7. The van der Waals surface area contributed by atoms with Crippen molar-refractivity contribution in [2.45, 2.75) is 29.9 Å². The summed E-state index contributed by atoms with van der Waals surface area (Å²) in [5.74, 6) is 0.850. The van der Waals surface area contributed by atoms with Crippen molar-refractivity contribution in [3.8, 4) is 0 Å². The fourth-order valence-corrected chi connectivity index (χ4v) is 6.45. The van der Waals surface area contributed by atoms with E-state index >= 15 is 0 Å². The standard InChI is InChI=1S/C18H21ClN2O3S3/c19-17-8-7-15(26-17)12-25-13-18(22)20-14-5-4-6-16(11-14)27(23,24)21-9-2-1-3-10-21/h4-8,11H,1-3,9-10,12-13H2,(H,20,22). The average molecular weight is 445 g/mol. The molecule has 5 nitrogen and oxygen atoms in total. The number of amides is 1. The van der Waals surface area contributed by atoms with E-state index in [9.17, 15) is 13.2 Å². The van der Waals surface area contributed by atoms with Crippen LogP contribution in [0.4, 0.5) is 5.69 Å². The van der Waals surface area contributed by atoms with Gasteiger partial charge >= 0.3 is 0 Å². The van der Waals surface area contributed by atoms with Gasteiger partial charge in [-0.05, 0) is 43.2 Å². The van der Waals surface area contributed by atoms with Crippen molar-refractivity contribution < 1.29 is 13.2 Å². The summed E-state index contributed by atoms with van der Waals surface area (Å²) < 4.78 is 27.8. The lowest BCUT2D eigenvalue weighted by Crippen LogP contribution is -2.35. The van der Waals surface area contributed by atoms with Gasteiger partial charge in [-0.2, -0.15) is 4.31 Å². The number of anilines is 1. The van der Waals surface area contributed by atoms with Crippen LogP contribution in [0.25, 0.3) is 0 Å². The molecule has 2 aromatic rings. The Hall–Kier alpha value is -1.06. The molecule has 1 aliphatic rings. The van der Waals surface area contributed by atoms with Crippen LogP contribution in [0.3, 0.4) is 0 Å². The maximum absolute atomic E-state index is 12.8. The number of halogens is 1. The van der Waals surface area contributed by atoms with Crippen LogP contribution in [0.5, 0.6) is 0 Å². The highest BCUT2D eigenvalue weighted by Gasteiger charge is 2.26. The number of carbonyl (C=O) groups excluding carboxylic acids is 1. The largest absolute Gasteiger partial charge is 0.325 e. The second kappa shape index (κ2) is 9.43. The number of nitrogens with zero attached hydrogens (tertiary/aromatic N) is 1. The zero-order valence-electron chi connectivity index (χ0n) is 14.7. The van der Waals surface area contributed by atoms with Gasteiger partial charge in [-0.15, -0.1) is 23.1 Å². The SMILES string of the molecule is O=C(CSCc1ccc(Cl)s1)Nc1cccc(S(=O)(=O)N2CCCCC2)c1. The van der Waals surface area contributed by atoms with Gasteiger partial charge in [-0.3, -0.25) is 4.79 Å². The molecule has 0 bridgehead atoms. The minimum absolute atomic E-state index is 0.157. The molecule has 1 N–H and O–H groups in total. The van der Waals surface area contributed by atoms with Crippen molar-refractivity contribution in [1.82, 2.24) is 4.31 Å². The molecule has 1 aliphatic heterocycles. The monoisotopic (exact) mass is 444 g/mol. The first-order chi connectivity index (χ1) is 12.9. The van der Waals surface area contributed by atoms with E-state index in [1.54, 1.807) is 18.2 Å². The Morgan fingerprint density at radius 2 is 1.96 bits per heavy atom. The highest BCUT2D eigenvalue weighted by molar-refractivity contribution is 7.99. The van der Waals surface area contributed by atoms with Gasteiger partial charge in [0.2, 0.25) is 15.9 Å². The fraction of sp³-hybridized carbons (Fsp3) is 0.389. The van der Waals surface area contributed by atoms with E-state index in [-0.39, 0.29) is 10.8 Å². The summed E-state index contributed by atoms with van der Waals surface area (Å²) in [5, 5.41) is 2.78. The Morgan fingerprint density at radius 1 is 1.19 bits per heavy atom. The van der Waals surface area contributed by atoms with Crippen molar-refractivity contribution in [1.29, 1.82) is 0 Å². The summed E-state index contributed by atoms with van der Waals surface area (Å²) in [5.41, 5.74) is 0.498. The maximum Gasteiger partial charge on any atom is 0.243 e. The van der Waals surface area contributed by atoms with Gasteiger partial charge in [0, 0.05) is 29.4 Å². The summed E-state index contributed by atoms with van der Waals surface area (Å²) in [4.78, 5) is 13.5. The van der Waals surface area contributed by atoms with Crippen LogP contribution in [-0.4, -0.2) is 37.5 Å². The van der Waals surface area contributed by atoms with Crippen LogP contribution in [0.15, 0.2) is 41.3 Å². The molecule has 9 heteroatoms. The van der Waals surface area contributed by atoms with E-state index in [1.165, 1.54) is 33.5 Å². The van der Waals surface area contributed by atoms with Gasteiger partial charge < -0.3 is 5.32 Å². The number of thioether (sulfide) groups is 1. The predicted octanol–water partition coefficient (Wildman–Crippen LogP) is 4.45.